The van der Waals surface area contributed by atoms with Gasteiger partial charge in [-0.3, -0.25) is 19.8 Å². The first kappa shape index (κ1) is 18.2. The molecule has 1 aromatic heterocycles. The summed E-state index contributed by atoms with van der Waals surface area (Å²) in [6.45, 7) is 7.16. The van der Waals surface area contributed by atoms with Crippen LogP contribution in [0.5, 0.6) is 0 Å². The zero-order valence-electron chi connectivity index (χ0n) is 14.4. The highest BCUT2D eigenvalue weighted by Gasteiger charge is 2.21. The van der Waals surface area contributed by atoms with Gasteiger partial charge in [0.15, 0.2) is 0 Å². The van der Waals surface area contributed by atoms with E-state index in [1.54, 1.807) is 5.48 Å². The van der Waals surface area contributed by atoms with Gasteiger partial charge in [-0.2, -0.15) is 0 Å². The molecule has 7 heteroatoms. The van der Waals surface area contributed by atoms with Gasteiger partial charge in [-0.05, 0) is 24.5 Å². The van der Waals surface area contributed by atoms with Gasteiger partial charge >= 0.3 is 0 Å². The monoisotopic (exact) mass is 334 g/mol. The number of rotatable bonds is 6. The summed E-state index contributed by atoms with van der Waals surface area (Å²) in [4.78, 5) is 31.6. The lowest BCUT2D eigenvalue weighted by Crippen LogP contribution is -2.48. The average Bonchev–Trinajstić information content (AvgIpc) is 2.61. The van der Waals surface area contributed by atoms with E-state index in [1.165, 1.54) is 0 Å². The zero-order chi connectivity index (χ0) is 17.5. The van der Waals surface area contributed by atoms with Gasteiger partial charge in [0.05, 0.1) is 11.9 Å². The van der Waals surface area contributed by atoms with Crippen LogP contribution in [0.15, 0.2) is 18.3 Å². The predicted octanol–water partition coefficient (Wildman–Crippen LogP) is 1.53. The minimum atomic E-state index is -0.454. The fourth-order valence-electron chi connectivity index (χ4n) is 2.75. The number of carbonyl (C=O) groups is 2. The molecule has 0 aromatic carbocycles. The molecular formula is C17H26N4O3. The maximum atomic E-state index is 12.1. The third-order valence-electron chi connectivity index (χ3n) is 4.28. The molecular weight excluding hydrogens is 308 g/mol. The Bertz CT molecular complexity index is 551. The Hall–Kier alpha value is -2.15. The van der Waals surface area contributed by atoms with Crippen LogP contribution in [0.3, 0.4) is 0 Å². The smallest absolute Gasteiger partial charge is 0.243 e. The molecule has 1 saturated heterocycles. The van der Waals surface area contributed by atoms with Crippen LogP contribution in [0, 0.1) is 0 Å². The Morgan fingerprint density at radius 2 is 1.92 bits per heavy atom. The van der Waals surface area contributed by atoms with Crippen molar-refractivity contribution >= 4 is 17.5 Å². The van der Waals surface area contributed by atoms with E-state index in [0.717, 1.165) is 24.5 Å². The van der Waals surface area contributed by atoms with Crippen molar-refractivity contribution in [2.45, 2.75) is 39.0 Å². The van der Waals surface area contributed by atoms with Crippen LogP contribution in [0.1, 0.15) is 44.7 Å². The lowest BCUT2D eigenvalue weighted by molar-refractivity contribution is -0.132. The molecule has 0 radical (unpaired) electrons. The van der Waals surface area contributed by atoms with Crippen LogP contribution in [0.4, 0.5) is 5.69 Å². The van der Waals surface area contributed by atoms with Crippen LogP contribution < -0.4 is 10.4 Å². The van der Waals surface area contributed by atoms with E-state index >= 15 is 0 Å². The van der Waals surface area contributed by atoms with E-state index in [2.05, 4.69) is 35.9 Å². The number of amides is 2. The second-order valence-corrected chi connectivity index (χ2v) is 6.35. The molecule has 0 saturated carbocycles. The summed E-state index contributed by atoms with van der Waals surface area (Å²) >= 11 is 0. The number of carbonyl (C=O) groups excluding carboxylic acids is 2. The summed E-state index contributed by atoms with van der Waals surface area (Å²) in [6, 6.07) is 4.15. The molecule has 1 fully saturated rings. The topological polar surface area (TPSA) is 85.8 Å². The first-order valence-corrected chi connectivity index (χ1v) is 8.43. The summed E-state index contributed by atoms with van der Waals surface area (Å²) in [5, 5.41) is 8.43. The molecule has 1 aromatic rings. The van der Waals surface area contributed by atoms with Gasteiger partial charge in [0, 0.05) is 44.7 Å². The molecule has 0 unspecified atom stereocenters. The zero-order valence-corrected chi connectivity index (χ0v) is 14.4. The Kier molecular flexibility index (Phi) is 6.54. The lowest BCUT2D eigenvalue weighted by atomic mass is 10.1. The Morgan fingerprint density at radius 1 is 1.21 bits per heavy atom. The molecule has 7 nitrogen and oxygen atoms in total. The van der Waals surface area contributed by atoms with Crippen molar-refractivity contribution in [1.82, 2.24) is 15.4 Å². The highest BCUT2D eigenvalue weighted by atomic mass is 16.5. The van der Waals surface area contributed by atoms with Crippen molar-refractivity contribution in [3.05, 3.63) is 24.0 Å². The first-order chi connectivity index (χ1) is 11.5. The van der Waals surface area contributed by atoms with Gasteiger partial charge in [0.2, 0.25) is 11.8 Å². The number of nitrogens with zero attached hydrogens (tertiary/aromatic N) is 3. The summed E-state index contributed by atoms with van der Waals surface area (Å²) in [5.74, 6) is 0.0278. The molecule has 0 bridgehead atoms. The van der Waals surface area contributed by atoms with Gasteiger partial charge in [-0.15, -0.1) is 0 Å². The third-order valence-corrected chi connectivity index (χ3v) is 4.28. The summed E-state index contributed by atoms with van der Waals surface area (Å²) < 4.78 is 0. The first-order valence-electron chi connectivity index (χ1n) is 8.43. The highest BCUT2D eigenvalue weighted by molar-refractivity contribution is 5.78. The molecule has 2 heterocycles. The van der Waals surface area contributed by atoms with Crippen molar-refractivity contribution in [1.29, 1.82) is 0 Å². The van der Waals surface area contributed by atoms with Gasteiger partial charge < -0.3 is 9.80 Å². The third kappa shape index (κ3) is 4.92. The van der Waals surface area contributed by atoms with Gasteiger partial charge in [-0.1, -0.05) is 13.8 Å². The van der Waals surface area contributed by atoms with Crippen LogP contribution in [0.25, 0.3) is 0 Å². The standard InChI is InChI=1S/C17H26N4O3/c1-13(2)15-7-6-14(12-18-15)20-8-10-21(11-9-20)17(23)5-3-4-16(22)19-24/h6-7,12-13,24H,3-5,8-11H2,1-2H3,(H,19,22). The number of hydroxylamine groups is 1. The minimum absolute atomic E-state index is 0.0636. The van der Waals surface area contributed by atoms with Crippen molar-refractivity contribution in [3.8, 4) is 0 Å². The van der Waals surface area contributed by atoms with E-state index < -0.39 is 5.91 Å². The molecule has 1 aliphatic rings. The largest absolute Gasteiger partial charge is 0.367 e. The van der Waals surface area contributed by atoms with E-state index in [-0.39, 0.29) is 12.3 Å². The number of anilines is 1. The van der Waals surface area contributed by atoms with Crippen LogP contribution >= 0.6 is 0 Å². The van der Waals surface area contributed by atoms with Crippen LogP contribution in [-0.4, -0.2) is 53.1 Å². The molecule has 2 rings (SSSR count). The fourth-order valence-corrected chi connectivity index (χ4v) is 2.75. The average molecular weight is 334 g/mol. The summed E-state index contributed by atoms with van der Waals surface area (Å²) in [6.07, 6.45) is 2.85. The van der Waals surface area contributed by atoms with Crippen molar-refractivity contribution in [2.75, 3.05) is 31.1 Å². The van der Waals surface area contributed by atoms with E-state index in [9.17, 15) is 9.59 Å². The lowest BCUT2D eigenvalue weighted by Gasteiger charge is -2.36. The van der Waals surface area contributed by atoms with Crippen LogP contribution in [-0.2, 0) is 9.59 Å². The molecule has 0 spiro atoms. The number of pyridine rings is 1. The normalized spacial score (nSPS) is 14.8. The van der Waals surface area contributed by atoms with Crippen molar-refractivity contribution in [3.63, 3.8) is 0 Å². The fraction of sp³-hybridized carbons (Fsp3) is 0.588. The number of piperazine rings is 1. The molecule has 1 aliphatic heterocycles. The van der Waals surface area contributed by atoms with Crippen LogP contribution in [0.2, 0.25) is 0 Å². The van der Waals surface area contributed by atoms with E-state index in [4.69, 9.17) is 5.21 Å². The molecule has 2 amide bonds. The predicted molar refractivity (Wildman–Crippen MR) is 90.9 cm³/mol. The Balaban J connectivity index is 1.78. The summed E-state index contributed by atoms with van der Waals surface area (Å²) in [7, 11) is 0. The van der Waals surface area contributed by atoms with Crippen molar-refractivity contribution in [2.24, 2.45) is 0 Å². The molecule has 2 N–H and O–H groups in total. The Labute approximate surface area is 142 Å². The second-order valence-electron chi connectivity index (χ2n) is 6.35. The molecule has 0 aliphatic carbocycles. The quantitative estimate of drug-likeness (QED) is 0.609. The number of aromatic nitrogens is 1. The van der Waals surface area contributed by atoms with Gasteiger partial charge in [-0.25, -0.2) is 5.48 Å². The van der Waals surface area contributed by atoms with Gasteiger partial charge in [0.1, 0.15) is 0 Å². The SMILES string of the molecule is CC(C)c1ccc(N2CCN(C(=O)CCCC(=O)NO)CC2)cn1. The number of hydrogen-bond donors (Lipinski definition) is 2. The van der Waals surface area contributed by atoms with Gasteiger partial charge in [0.25, 0.3) is 0 Å². The number of hydrogen-bond acceptors (Lipinski definition) is 5. The molecule has 0 atom stereocenters. The Morgan fingerprint density at radius 3 is 2.46 bits per heavy atom. The molecule has 24 heavy (non-hydrogen) atoms. The minimum Gasteiger partial charge on any atom is -0.367 e. The molecule has 132 valence electrons. The summed E-state index contributed by atoms with van der Waals surface area (Å²) in [5.41, 5.74) is 3.75. The van der Waals surface area contributed by atoms with E-state index in [0.29, 0.717) is 31.8 Å². The van der Waals surface area contributed by atoms with E-state index in [1.807, 2.05) is 11.1 Å². The maximum absolute atomic E-state index is 12.1. The number of nitrogens with one attached hydrogen (secondary N) is 1. The second kappa shape index (κ2) is 8.63. The highest BCUT2D eigenvalue weighted by Crippen LogP contribution is 2.19. The van der Waals surface area contributed by atoms with Crippen molar-refractivity contribution < 1.29 is 14.8 Å². The maximum Gasteiger partial charge on any atom is 0.243 e.